The number of hydrogen-bond donors (Lipinski definition) is 1. The highest BCUT2D eigenvalue weighted by atomic mass is 16.6. The number of carboxylic acid groups (broad SMARTS) is 1. The van der Waals surface area contributed by atoms with Crippen LogP contribution in [0.25, 0.3) is 0 Å². The van der Waals surface area contributed by atoms with E-state index in [0.717, 1.165) is 25.9 Å². The summed E-state index contributed by atoms with van der Waals surface area (Å²) in [7, 11) is 0. The number of rotatable bonds is 2. The van der Waals surface area contributed by atoms with Crippen LogP contribution >= 0.6 is 0 Å². The minimum atomic E-state index is -0.621. The van der Waals surface area contributed by atoms with E-state index >= 15 is 0 Å². The van der Waals surface area contributed by atoms with Crippen LogP contribution in [0.15, 0.2) is 0 Å². The molecule has 0 aromatic heterocycles. The summed E-state index contributed by atoms with van der Waals surface area (Å²) in [4.78, 5) is 13.3. The molecule has 1 saturated carbocycles. The van der Waals surface area contributed by atoms with Crippen LogP contribution in [0.3, 0.4) is 0 Å². The van der Waals surface area contributed by atoms with Gasteiger partial charge < -0.3 is 9.84 Å². The fourth-order valence-corrected chi connectivity index (χ4v) is 3.29. The summed E-state index contributed by atoms with van der Waals surface area (Å²) < 4.78 is 5.66. The SMILES string of the molecule is O=C(O)C1CCN(C2CCCC3OC32)CC1. The number of nitrogens with zero attached hydrogens (tertiary/aromatic N) is 1. The molecule has 2 saturated heterocycles. The molecule has 3 unspecified atom stereocenters. The summed E-state index contributed by atoms with van der Waals surface area (Å²) in [6, 6.07) is 0.577. The Morgan fingerprint density at radius 1 is 1.19 bits per heavy atom. The lowest BCUT2D eigenvalue weighted by atomic mass is 9.90. The van der Waals surface area contributed by atoms with Gasteiger partial charge in [-0.05, 0) is 45.2 Å². The zero-order chi connectivity index (χ0) is 11.1. The normalized spacial score (nSPS) is 40.4. The number of hydrogen-bond acceptors (Lipinski definition) is 3. The van der Waals surface area contributed by atoms with Gasteiger partial charge >= 0.3 is 5.97 Å². The standard InChI is InChI=1S/C12H19NO3/c14-12(15)8-4-6-13(7-5-8)9-2-1-3-10-11(9)16-10/h8-11H,1-7H2,(H,14,15). The molecule has 3 rings (SSSR count). The van der Waals surface area contributed by atoms with Crippen LogP contribution in [0.2, 0.25) is 0 Å². The van der Waals surface area contributed by atoms with E-state index < -0.39 is 5.97 Å². The molecule has 0 bridgehead atoms. The third-order valence-corrected chi connectivity index (χ3v) is 4.34. The largest absolute Gasteiger partial charge is 0.481 e. The molecule has 1 aliphatic carbocycles. The average Bonchev–Trinajstić information content (AvgIpc) is 3.07. The van der Waals surface area contributed by atoms with Crippen LogP contribution < -0.4 is 0 Å². The molecule has 90 valence electrons. The maximum atomic E-state index is 10.9. The first-order valence-electron chi connectivity index (χ1n) is 6.38. The molecule has 0 amide bonds. The van der Waals surface area contributed by atoms with Crippen molar-refractivity contribution >= 4 is 5.97 Å². The summed E-state index contributed by atoms with van der Waals surface area (Å²) in [6.07, 6.45) is 6.34. The van der Waals surface area contributed by atoms with Gasteiger partial charge in [0, 0.05) is 6.04 Å². The molecule has 3 aliphatic rings. The number of aliphatic carboxylic acids is 1. The Bertz CT molecular complexity index is 286. The Kier molecular flexibility index (Phi) is 2.64. The van der Waals surface area contributed by atoms with E-state index in [1.807, 2.05) is 0 Å². The summed E-state index contributed by atoms with van der Waals surface area (Å²) in [5, 5.41) is 8.95. The number of ether oxygens (including phenoxy) is 1. The number of likely N-dealkylation sites (tertiary alicyclic amines) is 1. The Labute approximate surface area is 95.6 Å². The molecule has 4 nitrogen and oxygen atoms in total. The molecule has 2 heterocycles. The lowest BCUT2D eigenvalue weighted by Crippen LogP contribution is -2.46. The van der Waals surface area contributed by atoms with Crippen molar-refractivity contribution in [2.45, 2.75) is 50.4 Å². The second-order valence-electron chi connectivity index (χ2n) is 5.29. The Morgan fingerprint density at radius 3 is 2.62 bits per heavy atom. The minimum absolute atomic E-state index is 0.115. The highest BCUT2D eigenvalue weighted by molar-refractivity contribution is 5.70. The molecule has 4 heteroatoms. The number of fused-ring (bicyclic) bond motifs is 1. The number of carbonyl (C=O) groups is 1. The van der Waals surface area contributed by atoms with Crippen LogP contribution in [-0.4, -0.2) is 47.3 Å². The van der Waals surface area contributed by atoms with Gasteiger partial charge in [0.2, 0.25) is 0 Å². The first kappa shape index (κ1) is 10.5. The topological polar surface area (TPSA) is 53.1 Å². The molecule has 0 aromatic carbocycles. The van der Waals surface area contributed by atoms with Crippen molar-refractivity contribution < 1.29 is 14.6 Å². The van der Waals surface area contributed by atoms with Gasteiger partial charge in [0.15, 0.2) is 0 Å². The highest BCUT2D eigenvalue weighted by Gasteiger charge is 2.49. The van der Waals surface area contributed by atoms with Crippen LogP contribution in [0.4, 0.5) is 0 Å². The molecule has 3 atom stereocenters. The predicted molar refractivity (Wildman–Crippen MR) is 58.2 cm³/mol. The average molecular weight is 225 g/mol. The zero-order valence-electron chi connectivity index (χ0n) is 9.47. The summed E-state index contributed by atoms with van der Waals surface area (Å²) in [5.74, 6) is -0.736. The van der Waals surface area contributed by atoms with E-state index in [-0.39, 0.29) is 5.92 Å². The van der Waals surface area contributed by atoms with Gasteiger partial charge in [-0.2, -0.15) is 0 Å². The maximum Gasteiger partial charge on any atom is 0.306 e. The van der Waals surface area contributed by atoms with E-state index in [9.17, 15) is 4.79 Å². The quantitative estimate of drug-likeness (QED) is 0.715. The second kappa shape index (κ2) is 4.00. The maximum absolute atomic E-state index is 10.9. The number of piperidine rings is 1. The lowest BCUT2D eigenvalue weighted by molar-refractivity contribution is -0.143. The molecular formula is C12H19NO3. The third-order valence-electron chi connectivity index (χ3n) is 4.34. The molecule has 0 radical (unpaired) electrons. The van der Waals surface area contributed by atoms with Crippen molar-refractivity contribution in [3.05, 3.63) is 0 Å². The van der Waals surface area contributed by atoms with Crippen molar-refractivity contribution in [3.63, 3.8) is 0 Å². The number of carboxylic acids is 1. The van der Waals surface area contributed by atoms with Gasteiger partial charge in [-0.1, -0.05) is 0 Å². The monoisotopic (exact) mass is 225 g/mol. The lowest BCUT2D eigenvalue weighted by Gasteiger charge is -2.37. The van der Waals surface area contributed by atoms with E-state index in [1.54, 1.807) is 0 Å². The summed E-state index contributed by atoms with van der Waals surface area (Å²) in [5.41, 5.74) is 0. The summed E-state index contributed by atoms with van der Waals surface area (Å²) in [6.45, 7) is 1.88. The van der Waals surface area contributed by atoms with Crippen molar-refractivity contribution in [2.75, 3.05) is 13.1 Å². The fraction of sp³-hybridized carbons (Fsp3) is 0.917. The Balaban J connectivity index is 1.55. The molecule has 2 aliphatic heterocycles. The zero-order valence-corrected chi connectivity index (χ0v) is 9.47. The van der Waals surface area contributed by atoms with Gasteiger partial charge in [0.1, 0.15) is 0 Å². The van der Waals surface area contributed by atoms with Gasteiger partial charge in [-0.15, -0.1) is 0 Å². The van der Waals surface area contributed by atoms with Crippen molar-refractivity contribution in [3.8, 4) is 0 Å². The molecule has 16 heavy (non-hydrogen) atoms. The van der Waals surface area contributed by atoms with Gasteiger partial charge in [0.25, 0.3) is 0 Å². The van der Waals surface area contributed by atoms with Crippen LogP contribution in [0.1, 0.15) is 32.1 Å². The van der Waals surface area contributed by atoms with E-state index in [0.29, 0.717) is 18.2 Å². The van der Waals surface area contributed by atoms with Crippen molar-refractivity contribution in [1.82, 2.24) is 4.90 Å². The van der Waals surface area contributed by atoms with E-state index in [4.69, 9.17) is 9.84 Å². The van der Waals surface area contributed by atoms with Crippen molar-refractivity contribution in [1.29, 1.82) is 0 Å². The first-order valence-corrected chi connectivity index (χ1v) is 6.38. The second-order valence-corrected chi connectivity index (χ2v) is 5.29. The predicted octanol–water partition coefficient (Wildman–Crippen LogP) is 1.10. The molecular weight excluding hydrogens is 206 g/mol. The third kappa shape index (κ3) is 1.84. The first-order chi connectivity index (χ1) is 7.75. The van der Waals surface area contributed by atoms with E-state index in [1.165, 1.54) is 19.3 Å². The van der Waals surface area contributed by atoms with Crippen LogP contribution in [-0.2, 0) is 9.53 Å². The fourth-order valence-electron chi connectivity index (χ4n) is 3.29. The Hall–Kier alpha value is -0.610. The number of epoxide rings is 1. The molecule has 0 aromatic rings. The smallest absolute Gasteiger partial charge is 0.306 e. The Morgan fingerprint density at radius 2 is 1.94 bits per heavy atom. The van der Waals surface area contributed by atoms with E-state index in [2.05, 4.69) is 4.90 Å². The van der Waals surface area contributed by atoms with Crippen LogP contribution in [0.5, 0.6) is 0 Å². The summed E-state index contributed by atoms with van der Waals surface area (Å²) >= 11 is 0. The van der Waals surface area contributed by atoms with Crippen molar-refractivity contribution in [2.24, 2.45) is 5.92 Å². The van der Waals surface area contributed by atoms with Gasteiger partial charge in [0.05, 0.1) is 18.1 Å². The molecule has 3 fully saturated rings. The van der Waals surface area contributed by atoms with Gasteiger partial charge in [-0.25, -0.2) is 0 Å². The van der Waals surface area contributed by atoms with Crippen LogP contribution in [0, 0.1) is 5.92 Å². The minimum Gasteiger partial charge on any atom is -0.481 e. The van der Waals surface area contributed by atoms with Gasteiger partial charge in [-0.3, -0.25) is 9.69 Å². The molecule has 1 N–H and O–H groups in total. The molecule has 0 spiro atoms. The highest BCUT2D eigenvalue weighted by Crippen LogP contribution is 2.40.